The van der Waals surface area contributed by atoms with E-state index in [1.165, 1.54) is 11.3 Å². The zero-order valence-electron chi connectivity index (χ0n) is 12.4. The van der Waals surface area contributed by atoms with Crippen LogP contribution in [0.4, 0.5) is 0 Å². The molecule has 0 aliphatic carbocycles. The lowest BCUT2D eigenvalue weighted by Crippen LogP contribution is -2.52. The quantitative estimate of drug-likeness (QED) is 0.886. The first-order chi connectivity index (χ1) is 10.7. The molecule has 5 nitrogen and oxygen atoms in total. The molecule has 0 saturated carbocycles. The number of halogens is 1. The number of hydrogen-bond donors (Lipinski definition) is 1. The molecule has 3 rings (SSSR count). The number of morpholine rings is 1. The van der Waals surface area contributed by atoms with Gasteiger partial charge in [-0.2, -0.15) is 0 Å². The summed E-state index contributed by atoms with van der Waals surface area (Å²) in [5.41, 5.74) is 0. The van der Waals surface area contributed by atoms with Gasteiger partial charge >= 0.3 is 0 Å². The molecule has 0 aromatic carbocycles. The van der Waals surface area contributed by atoms with E-state index in [4.69, 9.17) is 21.1 Å². The SMILES string of the molecule is O=C(NCC(C1CCOC1)N1CCOCC1)c1ccc(Cl)s1. The average Bonchev–Trinajstić information content (AvgIpc) is 3.20. The van der Waals surface area contributed by atoms with E-state index in [0.29, 0.717) is 27.7 Å². The van der Waals surface area contributed by atoms with Crippen LogP contribution in [0.25, 0.3) is 0 Å². The van der Waals surface area contributed by atoms with E-state index in [2.05, 4.69) is 10.2 Å². The zero-order chi connectivity index (χ0) is 15.4. The highest BCUT2D eigenvalue weighted by Crippen LogP contribution is 2.23. The second-order valence-electron chi connectivity index (χ2n) is 5.65. The van der Waals surface area contributed by atoms with Gasteiger partial charge in [-0.15, -0.1) is 11.3 Å². The summed E-state index contributed by atoms with van der Waals surface area (Å²) in [4.78, 5) is 15.3. The third kappa shape index (κ3) is 4.00. The average molecular weight is 345 g/mol. The fourth-order valence-corrected chi connectivity index (χ4v) is 4.04. The highest BCUT2D eigenvalue weighted by atomic mass is 35.5. The summed E-state index contributed by atoms with van der Waals surface area (Å²) in [5.74, 6) is 0.430. The molecule has 0 spiro atoms. The van der Waals surface area contributed by atoms with Gasteiger partial charge in [-0.05, 0) is 18.6 Å². The predicted octanol–water partition coefficient (Wildman–Crippen LogP) is 1.87. The fraction of sp³-hybridized carbons (Fsp3) is 0.667. The van der Waals surface area contributed by atoms with Crippen molar-refractivity contribution in [1.82, 2.24) is 10.2 Å². The van der Waals surface area contributed by atoms with Gasteiger partial charge in [0, 0.05) is 38.2 Å². The van der Waals surface area contributed by atoms with Gasteiger partial charge in [0.05, 0.1) is 29.0 Å². The Bertz CT molecular complexity index is 499. The lowest BCUT2D eigenvalue weighted by Gasteiger charge is -2.37. The van der Waals surface area contributed by atoms with Crippen LogP contribution in [0.15, 0.2) is 12.1 Å². The number of ether oxygens (including phenoxy) is 2. The minimum Gasteiger partial charge on any atom is -0.381 e. The molecule has 1 N–H and O–H groups in total. The third-order valence-electron chi connectivity index (χ3n) is 4.29. The van der Waals surface area contributed by atoms with Crippen molar-refractivity contribution in [3.63, 3.8) is 0 Å². The van der Waals surface area contributed by atoms with E-state index in [1.54, 1.807) is 12.1 Å². The molecule has 22 heavy (non-hydrogen) atoms. The van der Waals surface area contributed by atoms with Gasteiger partial charge in [0.1, 0.15) is 0 Å². The second kappa shape index (κ2) is 7.75. The molecule has 7 heteroatoms. The van der Waals surface area contributed by atoms with Gasteiger partial charge in [-0.25, -0.2) is 0 Å². The van der Waals surface area contributed by atoms with E-state index < -0.39 is 0 Å². The number of carbonyl (C=O) groups is 1. The summed E-state index contributed by atoms with van der Waals surface area (Å²) in [6.07, 6.45) is 1.06. The number of thiophene rings is 1. The molecule has 3 heterocycles. The first kappa shape index (κ1) is 16.2. The number of carbonyl (C=O) groups excluding carboxylic acids is 1. The summed E-state index contributed by atoms with van der Waals surface area (Å²) < 4.78 is 11.6. The molecule has 2 aliphatic heterocycles. The summed E-state index contributed by atoms with van der Waals surface area (Å²) in [5, 5.41) is 3.06. The summed E-state index contributed by atoms with van der Waals surface area (Å²) in [6, 6.07) is 3.83. The molecule has 1 amide bonds. The first-order valence-corrected chi connectivity index (χ1v) is 8.86. The highest BCUT2D eigenvalue weighted by Gasteiger charge is 2.31. The van der Waals surface area contributed by atoms with Gasteiger partial charge in [-0.3, -0.25) is 9.69 Å². The number of nitrogens with one attached hydrogen (secondary N) is 1. The summed E-state index contributed by atoms with van der Waals surface area (Å²) in [6.45, 7) is 5.60. The number of rotatable bonds is 5. The van der Waals surface area contributed by atoms with Crippen molar-refractivity contribution in [2.75, 3.05) is 46.1 Å². The van der Waals surface area contributed by atoms with Crippen molar-refractivity contribution in [1.29, 1.82) is 0 Å². The molecule has 1 aromatic heterocycles. The van der Waals surface area contributed by atoms with Gasteiger partial charge in [0.25, 0.3) is 5.91 Å². The van der Waals surface area contributed by atoms with Crippen LogP contribution in [0.2, 0.25) is 4.34 Å². The van der Waals surface area contributed by atoms with E-state index in [0.717, 1.165) is 45.9 Å². The standard InChI is InChI=1S/C15H21ClN2O3S/c16-14-2-1-13(22-14)15(19)17-9-12(11-3-6-21-10-11)18-4-7-20-8-5-18/h1-2,11-12H,3-10H2,(H,17,19). The molecule has 2 aliphatic rings. The number of nitrogens with zero attached hydrogens (tertiary/aromatic N) is 1. The molecule has 122 valence electrons. The largest absolute Gasteiger partial charge is 0.381 e. The maximum absolute atomic E-state index is 12.2. The molecule has 2 saturated heterocycles. The second-order valence-corrected chi connectivity index (χ2v) is 7.37. The van der Waals surface area contributed by atoms with Gasteiger partial charge in [-0.1, -0.05) is 11.6 Å². The molecule has 2 fully saturated rings. The Balaban J connectivity index is 1.60. The Kier molecular flexibility index (Phi) is 5.71. The van der Waals surface area contributed by atoms with Crippen LogP contribution in [-0.4, -0.2) is 62.9 Å². The Hall–Kier alpha value is -0.660. The maximum atomic E-state index is 12.2. The number of amides is 1. The predicted molar refractivity (Wildman–Crippen MR) is 86.8 cm³/mol. The van der Waals surface area contributed by atoms with E-state index in [9.17, 15) is 4.79 Å². The Morgan fingerprint density at radius 1 is 1.36 bits per heavy atom. The summed E-state index contributed by atoms with van der Waals surface area (Å²) in [7, 11) is 0. The van der Waals surface area contributed by atoms with Crippen LogP contribution >= 0.6 is 22.9 Å². The number of hydrogen-bond acceptors (Lipinski definition) is 5. The van der Waals surface area contributed by atoms with Crippen molar-refractivity contribution in [3.8, 4) is 0 Å². The topological polar surface area (TPSA) is 50.8 Å². The normalized spacial score (nSPS) is 24.3. The molecule has 2 unspecified atom stereocenters. The lowest BCUT2D eigenvalue weighted by molar-refractivity contribution is 0.00167. The summed E-state index contributed by atoms with van der Waals surface area (Å²) >= 11 is 7.20. The van der Waals surface area contributed by atoms with Crippen LogP contribution in [0, 0.1) is 5.92 Å². The van der Waals surface area contributed by atoms with Gasteiger partial charge < -0.3 is 14.8 Å². The van der Waals surface area contributed by atoms with E-state index in [-0.39, 0.29) is 5.91 Å². The third-order valence-corrected chi connectivity index (χ3v) is 5.52. The van der Waals surface area contributed by atoms with Crippen LogP contribution in [0.3, 0.4) is 0 Å². The highest BCUT2D eigenvalue weighted by molar-refractivity contribution is 7.17. The van der Waals surface area contributed by atoms with E-state index >= 15 is 0 Å². The molecule has 1 aromatic rings. The molecular formula is C15H21ClN2O3S. The Morgan fingerprint density at radius 3 is 2.82 bits per heavy atom. The smallest absolute Gasteiger partial charge is 0.261 e. The van der Waals surface area contributed by atoms with E-state index in [1.807, 2.05) is 0 Å². The van der Waals surface area contributed by atoms with Crippen LogP contribution in [0.1, 0.15) is 16.1 Å². The molecule has 2 atom stereocenters. The van der Waals surface area contributed by atoms with Crippen molar-refractivity contribution in [2.24, 2.45) is 5.92 Å². The first-order valence-electron chi connectivity index (χ1n) is 7.67. The monoisotopic (exact) mass is 344 g/mol. The van der Waals surface area contributed by atoms with Crippen molar-refractivity contribution in [3.05, 3.63) is 21.3 Å². The lowest BCUT2D eigenvalue weighted by atomic mass is 9.97. The Morgan fingerprint density at radius 2 is 2.18 bits per heavy atom. The van der Waals surface area contributed by atoms with Crippen molar-refractivity contribution in [2.45, 2.75) is 12.5 Å². The minimum atomic E-state index is -0.0472. The van der Waals surface area contributed by atoms with Gasteiger partial charge in [0.15, 0.2) is 0 Å². The molecular weight excluding hydrogens is 324 g/mol. The molecule has 0 radical (unpaired) electrons. The van der Waals surface area contributed by atoms with Crippen molar-refractivity contribution < 1.29 is 14.3 Å². The van der Waals surface area contributed by atoms with Gasteiger partial charge in [0.2, 0.25) is 0 Å². The molecule has 0 bridgehead atoms. The van der Waals surface area contributed by atoms with Crippen molar-refractivity contribution >= 4 is 28.8 Å². The maximum Gasteiger partial charge on any atom is 0.261 e. The Labute approximate surface area is 139 Å². The van der Waals surface area contributed by atoms with Crippen LogP contribution in [-0.2, 0) is 9.47 Å². The minimum absolute atomic E-state index is 0.0472. The van der Waals surface area contributed by atoms with Crippen LogP contribution in [0.5, 0.6) is 0 Å². The zero-order valence-corrected chi connectivity index (χ0v) is 14.0. The van der Waals surface area contributed by atoms with Crippen LogP contribution < -0.4 is 5.32 Å². The fourth-order valence-electron chi connectivity index (χ4n) is 3.08.